The lowest BCUT2D eigenvalue weighted by Gasteiger charge is -2.40. The molecule has 10 nitrogen and oxygen atoms in total. The van der Waals surface area contributed by atoms with Gasteiger partial charge in [0, 0.05) is 13.0 Å². The molecule has 0 aromatic heterocycles. The van der Waals surface area contributed by atoms with Gasteiger partial charge in [-0.15, -0.1) is 0 Å². The summed E-state index contributed by atoms with van der Waals surface area (Å²) in [4.78, 5) is 23.4. The fourth-order valence-corrected chi connectivity index (χ4v) is 4.59. The lowest BCUT2D eigenvalue weighted by atomic mass is 9.87. The highest BCUT2D eigenvalue weighted by atomic mass is 32.2. The molecule has 25 heavy (non-hydrogen) atoms. The molecule has 0 saturated carbocycles. The Bertz CT molecular complexity index is 764. The number of hydroxylamine groups is 3. The predicted octanol–water partition coefficient (Wildman–Crippen LogP) is -0.349. The van der Waals surface area contributed by atoms with E-state index >= 15 is 0 Å². The molecule has 1 amide bonds. The molecule has 1 fully saturated rings. The van der Waals surface area contributed by atoms with Crippen LogP contribution in [0.1, 0.15) is 12.8 Å². The van der Waals surface area contributed by atoms with Crippen LogP contribution in [-0.2, 0) is 19.4 Å². The fraction of sp³-hybridized carbons (Fsp3) is 0.429. The van der Waals surface area contributed by atoms with Gasteiger partial charge in [-0.25, -0.2) is 18.7 Å². The second-order valence-corrected chi connectivity index (χ2v) is 7.79. The first-order valence-electron chi connectivity index (χ1n) is 7.22. The summed E-state index contributed by atoms with van der Waals surface area (Å²) in [5.74, 6) is -2.74. The molecule has 0 radical (unpaired) electrons. The lowest BCUT2D eigenvalue weighted by molar-refractivity contribution is -0.211. The van der Waals surface area contributed by atoms with Gasteiger partial charge in [0.2, 0.25) is 5.54 Å². The monoisotopic (exact) mass is 374 g/mol. The summed E-state index contributed by atoms with van der Waals surface area (Å²) in [7, 11) is -2.55. The van der Waals surface area contributed by atoms with Gasteiger partial charge in [-0.05, 0) is 30.7 Å². The maximum absolute atomic E-state index is 12.8. The number of nitrogens with one attached hydrogen (secondary N) is 1. The first-order chi connectivity index (χ1) is 11.7. The van der Waals surface area contributed by atoms with Crippen molar-refractivity contribution < 1.29 is 38.3 Å². The molecule has 2 atom stereocenters. The van der Waals surface area contributed by atoms with Gasteiger partial charge in [0.05, 0.1) is 17.3 Å². The molecule has 1 aliphatic rings. The van der Waals surface area contributed by atoms with Crippen LogP contribution in [0.4, 0.5) is 0 Å². The third-order valence-corrected chi connectivity index (χ3v) is 6.49. The van der Waals surface area contributed by atoms with Crippen molar-refractivity contribution in [2.24, 2.45) is 0 Å². The standard InChI is InChI=1S/C14H18N2O8S/c1-24-9-2-4-10(5-3-9)25(22,23)11-6-7-16(21)14(8-11,13(18)19)12(17)15-20/h2-5,11,20-21H,6-8H2,1H3,(H,15,17)(H,18,19)/t11?,14-/m0/s1. The Morgan fingerprint density at radius 2 is 1.92 bits per heavy atom. The fourth-order valence-electron chi connectivity index (χ4n) is 2.81. The Kier molecular flexibility index (Phi) is 5.32. The number of nitrogens with zero attached hydrogens (tertiary/aromatic N) is 1. The molecule has 1 aromatic carbocycles. The summed E-state index contributed by atoms with van der Waals surface area (Å²) in [5, 5.41) is 27.1. The Labute approximate surface area is 143 Å². The molecule has 1 aromatic rings. The summed E-state index contributed by atoms with van der Waals surface area (Å²) < 4.78 is 30.5. The third kappa shape index (κ3) is 3.18. The molecular weight excluding hydrogens is 356 g/mol. The molecule has 2 rings (SSSR count). The number of ether oxygens (including phenoxy) is 1. The van der Waals surface area contributed by atoms with Gasteiger partial charge in [0.1, 0.15) is 5.75 Å². The molecule has 11 heteroatoms. The smallest absolute Gasteiger partial charge is 0.336 e. The maximum atomic E-state index is 12.8. The molecule has 1 aliphatic heterocycles. The minimum Gasteiger partial charge on any atom is -0.497 e. The number of piperidine rings is 1. The van der Waals surface area contributed by atoms with Crippen molar-refractivity contribution in [3.8, 4) is 5.75 Å². The Hall–Kier alpha value is -2.21. The van der Waals surface area contributed by atoms with E-state index in [-0.39, 0.29) is 22.9 Å². The van der Waals surface area contributed by atoms with Crippen LogP contribution >= 0.6 is 0 Å². The summed E-state index contributed by atoms with van der Waals surface area (Å²) in [6.07, 6.45) is -0.807. The second kappa shape index (κ2) is 6.96. The van der Waals surface area contributed by atoms with Crippen LogP contribution in [0.2, 0.25) is 0 Å². The number of aliphatic carboxylic acids is 1. The van der Waals surface area contributed by atoms with E-state index in [0.717, 1.165) is 0 Å². The lowest BCUT2D eigenvalue weighted by Crippen LogP contribution is -2.66. The normalized spacial score (nSPS) is 24.5. The van der Waals surface area contributed by atoms with E-state index < -0.39 is 38.9 Å². The van der Waals surface area contributed by atoms with Crippen LogP contribution < -0.4 is 10.2 Å². The van der Waals surface area contributed by atoms with Gasteiger partial charge >= 0.3 is 5.97 Å². The number of hydrogen-bond acceptors (Lipinski definition) is 8. The van der Waals surface area contributed by atoms with Crippen molar-refractivity contribution in [1.29, 1.82) is 0 Å². The van der Waals surface area contributed by atoms with Crippen LogP contribution in [0.25, 0.3) is 0 Å². The van der Waals surface area contributed by atoms with E-state index in [0.29, 0.717) is 5.75 Å². The summed E-state index contributed by atoms with van der Waals surface area (Å²) >= 11 is 0. The topological polar surface area (TPSA) is 153 Å². The largest absolute Gasteiger partial charge is 0.497 e. The Balaban J connectivity index is 2.41. The van der Waals surface area contributed by atoms with Crippen molar-refractivity contribution in [1.82, 2.24) is 10.5 Å². The van der Waals surface area contributed by atoms with Crippen LogP contribution in [-0.4, -0.2) is 65.3 Å². The zero-order valence-corrected chi connectivity index (χ0v) is 14.1. The van der Waals surface area contributed by atoms with E-state index in [1.165, 1.54) is 36.9 Å². The van der Waals surface area contributed by atoms with Crippen molar-refractivity contribution in [3.05, 3.63) is 24.3 Å². The molecule has 0 spiro atoms. The molecule has 1 saturated heterocycles. The average Bonchev–Trinajstić information content (AvgIpc) is 2.61. The molecular formula is C14H18N2O8S. The van der Waals surface area contributed by atoms with Gasteiger partial charge in [-0.3, -0.25) is 10.0 Å². The van der Waals surface area contributed by atoms with Gasteiger partial charge in [-0.1, -0.05) is 0 Å². The zero-order valence-electron chi connectivity index (χ0n) is 13.2. The van der Waals surface area contributed by atoms with E-state index in [4.69, 9.17) is 9.94 Å². The number of methoxy groups -OCH3 is 1. The number of carbonyl (C=O) groups excluding carboxylic acids is 1. The summed E-state index contributed by atoms with van der Waals surface area (Å²) in [6, 6.07) is 5.51. The number of carboxylic acids is 1. The first-order valence-corrected chi connectivity index (χ1v) is 8.77. The van der Waals surface area contributed by atoms with Crippen molar-refractivity contribution in [2.45, 2.75) is 28.5 Å². The number of rotatable bonds is 5. The number of carboxylic acid groups (broad SMARTS) is 1. The Morgan fingerprint density at radius 3 is 2.40 bits per heavy atom. The molecule has 0 aliphatic carbocycles. The van der Waals surface area contributed by atoms with Crippen LogP contribution in [0.3, 0.4) is 0 Å². The van der Waals surface area contributed by atoms with E-state index in [2.05, 4.69) is 0 Å². The number of carbonyl (C=O) groups is 2. The van der Waals surface area contributed by atoms with E-state index in [9.17, 15) is 28.3 Å². The van der Waals surface area contributed by atoms with Crippen LogP contribution in [0.15, 0.2) is 29.2 Å². The van der Waals surface area contributed by atoms with Crippen molar-refractivity contribution >= 4 is 21.7 Å². The van der Waals surface area contributed by atoms with Gasteiger partial charge in [-0.2, -0.15) is 5.06 Å². The Morgan fingerprint density at radius 1 is 1.32 bits per heavy atom. The number of benzene rings is 1. The average molecular weight is 374 g/mol. The van der Waals surface area contributed by atoms with Crippen molar-refractivity contribution in [2.75, 3.05) is 13.7 Å². The molecule has 1 unspecified atom stereocenters. The molecule has 1 heterocycles. The minimum atomic E-state index is -3.98. The predicted molar refractivity (Wildman–Crippen MR) is 82.0 cm³/mol. The maximum Gasteiger partial charge on any atom is 0.336 e. The third-order valence-electron chi connectivity index (χ3n) is 4.28. The number of amides is 1. The molecule has 0 bridgehead atoms. The summed E-state index contributed by atoms with van der Waals surface area (Å²) in [6.45, 7) is -0.375. The van der Waals surface area contributed by atoms with E-state index in [1.807, 2.05) is 0 Å². The van der Waals surface area contributed by atoms with Gasteiger partial charge < -0.3 is 15.1 Å². The quantitative estimate of drug-likeness (QED) is 0.308. The number of sulfone groups is 1. The highest BCUT2D eigenvalue weighted by molar-refractivity contribution is 7.92. The first kappa shape index (κ1) is 19.1. The highest BCUT2D eigenvalue weighted by Gasteiger charge is 2.57. The van der Waals surface area contributed by atoms with Crippen LogP contribution in [0, 0.1) is 0 Å². The molecule has 138 valence electrons. The highest BCUT2D eigenvalue weighted by Crippen LogP contribution is 2.34. The summed E-state index contributed by atoms with van der Waals surface area (Å²) in [5.41, 5.74) is -1.42. The van der Waals surface area contributed by atoms with Gasteiger partial charge in [0.25, 0.3) is 5.91 Å². The minimum absolute atomic E-state index is 0.0617. The SMILES string of the molecule is COc1ccc(S(=O)(=O)C2CCN(O)[C@](C(=O)O)(C(=O)NO)C2)cc1. The van der Waals surface area contributed by atoms with Crippen molar-refractivity contribution in [3.63, 3.8) is 0 Å². The van der Waals surface area contributed by atoms with E-state index in [1.54, 1.807) is 0 Å². The van der Waals surface area contributed by atoms with Gasteiger partial charge in [0.15, 0.2) is 9.84 Å². The second-order valence-electron chi connectivity index (χ2n) is 5.56. The zero-order chi connectivity index (χ0) is 18.8. The van der Waals surface area contributed by atoms with Crippen LogP contribution in [0.5, 0.6) is 5.75 Å². The number of hydrogen-bond donors (Lipinski definition) is 4. The molecule has 4 N–H and O–H groups in total.